The van der Waals surface area contributed by atoms with E-state index in [2.05, 4.69) is 10.3 Å². The maximum absolute atomic E-state index is 11.9. The molecule has 1 aromatic rings. The third-order valence-corrected chi connectivity index (χ3v) is 6.34. The van der Waals surface area contributed by atoms with Crippen molar-refractivity contribution in [1.82, 2.24) is 10.3 Å². The highest BCUT2D eigenvalue weighted by atomic mass is 28.4. The standard InChI is InChI=1S/C16H28N2O4Si/c1-4-20-23(21-5-2,22-6-3)13-7-10-18-16(19)14-15-8-11-17-12-9-15/h8-9,11-12H,4-7,10,13-14H2,1-3H3,(H,18,19). The van der Waals surface area contributed by atoms with Crippen LogP contribution in [0.3, 0.4) is 0 Å². The highest BCUT2D eigenvalue weighted by Crippen LogP contribution is 2.17. The number of pyridine rings is 1. The minimum Gasteiger partial charge on any atom is -0.374 e. The predicted octanol–water partition coefficient (Wildman–Crippen LogP) is 2.18. The van der Waals surface area contributed by atoms with Crippen molar-refractivity contribution in [2.24, 2.45) is 0 Å². The predicted molar refractivity (Wildman–Crippen MR) is 91.0 cm³/mol. The molecule has 1 rings (SSSR count). The molecule has 1 N–H and O–H groups in total. The summed E-state index contributed by atoms with van der Waals surface area (Å²) in [4.78, 5) is 15.8. The van der Waals surface area contributed by atoms with Crippen LogP contribution in [0, 0.1) is 0 Å². The minimum absolute atomic E-state index is 0.00713. The van der Waals surface area contributed by atoms with Crippen LogP contribution in [0.25, 0.3) is 0 Å². The SMILES string of the molecule is CCO[Si](CCCNC(=O)Cc1ccncc1)(OCC)OCC. The molecule has 0 aliphatic rings. The summed E-state index contributed by atoms with van der Waals surface area (Å²) >= 11 is 0. The molecular weight excluding hydrogens is 312 g/mol. The Labute approximate surface area is 139 Å². The number of hydrogen-bond donors (Lipinski definition) is 1. The maximum Gasteiger partial charge on any atom is 0.500 e. The summed E-state index contributed by atoms with van der Waals surface area (Å²) in [5, 5.41) is 2.93. The highest BCUT2D eigenvalue weighted by Gasteiger charge is 2.39. The zero-order chi connectivity index (χ0) is 17.0. The Morgan fingerprint density at radius 3 is 2.17 bits per heavy atom. The first-order chi connectivity index (χ1) is 11.2. The van der Waals surface area contributed by atoms with Gasteiger partial charge in [-0.1, -0.05) is 0 Å². The Kier molecular flexibility index (Phi) is 9.70. The minimum atomic E-state index is -2.60. The van der Waals surface area contributed by atoms with Crippen molar-refractivity contribution < 1.29 is 18.1 Å². The van der Waals surface area contributed by atoms with Gasteiger partial charge in [0.25, 0.3) is 0 Å². The van der Waals surface area contributed by atoms with Gasteiger partial charge < -0.3 is 18.6 Å². The lowest BCUT2D eigenvalue weighted by Crippen LogP contribution is -2.46. The molecular formula is C16H28N2O4Si. The van der Waals surface area contributed by atoms with Crippen molar-refractivity contribution in [3.8, 4) is 0 Å². The van der Waals surface area contributed by atoms with E-state index in [1.165, 1.54) is 0 Å². The Hall–Kier alpha value is -1.28. The van der Waals surface area contributed by atoms with Crippen molar-refractivity contribution >= 4 is 14.7 Å². The molecule has 0 bridgehead atoms. The van der Waals surface area contributed by atoms with Crippen molar-refractivity contribution in [2.75, 3.05) is 26.4 Å². The molecule has 1 aromatic heterocycles. The molecule has 130 valence electrons. The number of nitrogens with one attached hydrogen (secondary N) is 1. The fourth-order valence-corrected chi connectivity index (χ4v) is 4.89. The molecule has 7 heteroatoms. The van der Waals surface area contributed by atoms with Gasteiger partial charge in [-0.15, -0.1) is 0 Å². The fourth-order valence-electron chi connectivity index (χ4n) is 2.28. The molecule has 0 saturated heterocycles. The number of carbonyl (C=O) groups is 1. The van der Waals surface area contributed by atoms with E-state index in [4.69, 9.17) is 13.3 Å². The van der Waals surface area contributed by atoms with Crippen LogP contribution in [-0.2, 0) is 24.5 Å². The maximum atomic E-state index is 11.9. The van der Waals surface area contributed by atoms with Crippen molar-refractivity contribution in [1.29, 1.82) is 0 Å². The molecule has 0 fully saturated rings. The van der Waals surface area contributed by atoms with Crippen LogP contribution in [0.4, 0.5) is 0 Å². The van der Waals surface area contributed by atoms with Gasteiger partial charge in [0.1, 0.15) is 0 Å². The number of amides is 1. The third kappa shape index (κ3) is 7.69. The van der Waals surface area contributed by atoms with Crippen molar-refractivity contribution in [3.63, 3.8) is 0 Å². The molecule has 6 nitrogen and oxygen atoms in total. The highest BCUT2D eigenvalue weighted by molar-refractivity contribution is 6.60. The summed E-state index contributed by atoms with van der Waals surface area (Å²) in [6, 6.07) is 4.39. The van der Waals surface area contributed by atoms with Crippen LogP contribution in [0.2, 0.25) is 6.04 Å². The van der Waals surface area contributed by atoms with E-state index in [0.717, 1.165) is 12.0 Å². The fraction of sp³-hybridized carbons (Fsp3) is 0.625. The normalized spacial score (nSPS) is 11.4. The van der Waals surface area contributed by atoms with Gasteiger partial charge in [-0.25, -0.2) is 0 Å². The van der Waals surface area contributed by atoms with Crippen molar-refractivity contribution in [3.05, 3.63) is 30.1 Å². The first kappa shape index (κ1) is 19.8. The van der Waals surface area contributed by atoms with Gasteiger partial charge in [0, 0.05) is 44.8 Å². The number of carbonyl (C=O) groups excluding carboxylic acids is 1. The second-order valence-electron chi connectivity index (χ2n) is 4.97. The monoisotopic (exact) mass is 340 g/mol. The first-order valence-electron chi connectivity index (χ1n) is 8.23. The summed E-state index contributed by atoms with van der Waals surface area (Å²) in [7, 11) is -2.60. The lowest BCUT2D eigenvalue weighted by atomic mass is 10.2. The molecule has 0 aromatic carbocycles. The molecule has 0 atom stereocenters. The molecule has 0 unspecified atom stereocenters. The summed E-state index contributed by atoms with van der Waals surface area (Å²) in [5.41, 5.74) is 0.958. The van der Waals surface area contributed by atoms with Gasteiger partial charge in [0.15, 0.2) is 0 Å². The topological polar surface area (TPSA) is 69.7 Å². The van der Waals surface area contributed by atoms with E-state index in [9.17, 15) is 4.79 Å². The summed E-state index contributed by atoms with van der Waals surface area (Å²) in [5.74, 6) is 0.00713. The average Bonchev–Trinajstić information content (AvgIpc) is 2.53. The van der Waals surface area contributed by atoms with Gasteiger partial charge in [-0.2, -0.15) is 0 Å². The summed E-state index contributed by atoms with van der Waals surface area (Å²) in [6.07, 6.45) is 4.52. The Balaban J connectivity index is 2.36. The second-order valence-corrected chi connectivity index (χ2v) is 7.70. The molecule has 0 radical (unpaired) electrons. The average molecular weight is 340 g/mol. The zero-order valence-corrected chi connectivity index (χ0v) is 15.3. The van der Waals surface area contributed by atoms with E-state index in [1.54, 1.807) is 12.4 Å². The number of aromatic nitrogens is 1. The third-order valence-electron chi connectivity index (χ3n) is 3.19. The molecule has 0 aliphatic heterocycles. The van der Waals surface area contributed by atoms with Crippen molar-refractivity contribution in [2.45, 2.75) is 39.7 Å². The number of hydrogen-bond acceptors (Lipinski definition) is 5. The quantitative estimate of drug-likeness (QED) is 0.466. The molecule has 0 saturated carbocycles. The smallest absolute Gasteiger partial charge is 0.374 e. The lowest BCUT2D eigenvalue weighted by molar-refractivity contribution is -0.120. The zero-order valence-electron chi connectivity index (χ0n) is 14.3. The second kappa shape index (κ2) is 11.3. The van der Waals surface area contributed by atoms with Crippen LogP contribution >= 0.6 is 0 Å². The first-order valence-corrected chi connectivity index (χ1v) is 10.2. The van der Waals surface area contributed by atoms with Crippen LogP contribution in [0.15, 0.2) is 24.5 Å². The van der Waals surface area contributed by atoms with Gasteiger partial charge in [0.05, 0.1) is 6.42 Å². The number of rotatable bonds is 12. The van der Waals surface area contributed by atoms with Gasteiger partial charge >= 0.3 is 8.80 Å². The Morgan fingerprint density at radius 2 is 1.65 bits per heavy atom. The van der Waals surface area contributed by atoms with Crippen LogP contribution in [0.5, 0.6) is 0 Å². The molecule has 1 heterocycles. The van der Waals surface area contributed by atoms with Gasteiger partial charge in [0.2, 0.25) is 5.91 Å². The molecule has 0 spiro atoms. The van der Waals surface area contributed by atoms with E-state index >= 15 is 0 Å². The van der Waals surface area contributed by atoms with E-state index in [1.807, 2.05) is 32.9 Å². The molecule has 23 heavy (non-hydrogen) atoms. The summed E-state index contributed by atoms with van der Waals surface area (Å²) < 4.78 is 17.4. The van der Waals surface area contributed by atoms with E-state index in [-0.39, 0.29) is 5.91 Å². The van der Waals surface area contributed by atoms with Crippen LogP contribution in [0.1, 0.15) is 32.8 Å². The largest absolute Gasteiger partial charge is 0.500 e. The Bertz CT molecular complexity index is 428. The Morgan fingerprint density at radius 1 is 1.09 bits per heavy atom. The van der Waals surface area contributed by atoms with E-state index in [0.29, 0.717) is 38.8 Å². The molecule has 0 aliphatic carbocycles. The molecule has 1 amide bonds. The van der Waals surface area contributed by atoms with Crippen LogP contribution in [-0.4, -0.2) is 46.1 Å². The summed E-state index contributed by atoms with van der Waals surface area (Å²) in [6.45, 7) is 8.12. The van der Waals surface area contributed by atoms with Gasteiger partial charge in [-0.3, -0.25) is 9.78 Å². The van der Waals surface area contributed by atoms with Gasteiger partial charge in [-0.05, 0) is 44.9 Å². The van der Waals surface area contributed by atoms with E-state index < -0.39 is 8.80 Å². The van der Waals surface area contributed by atoms with Crippen LogP contribution < -0.4 is 5.32 Å². The lowest BCUT2D eigenvalue weighted by Gasteiger charge is -2.28. The number of nitrogens with zero attached hydrogens (tertiary/aromatic N) is 1.